The lowest BCUT2D eigenvalue weighted by Crippen LogP contribution is -2.55. The largest absolute Gasteiger partial charge is 0.544 e. The van der Waals surface area contributed by atoms with E-state index in [2.05, 4.69) is 26.0 Å². The van der Waals surface area contributed by atoms with E-state index in [4.69, 9.17) is 14.2 Å². The van der Waals surface area contributed by atoms with Crippen molar-refractivity contribution in [3.8, 4) is 0 Å². The lowest BCUT2D eigenvalue weighted by atomic mass is 10.0. The van der Waals surface area contributed by atoms with Crippen molar-refractivity contribution in [2.24, 2.45) is 0 Å². The van der Waals surface area contributed by atoms with Crippen molar-refractivity contribution in [3.63, 3.8) is 0 Å². The van der Waals surface area contributed by atoms with Gasteiger partial charge in [0.05, 0.1) is 40.3 Å². The quantitative estimate of drug-likeness (QED) is 0.0265. The van der Waals surface area contributed by atoms with Crippen LogP contribution in [0.15, 0.2) is 24.3 Å². The highest BCUT2D eigenvalue weighted by Crippen LogP contribution is 2.16. The van der Waals surface area contributed by atoms with Crippen molar-refractivity contribution in [2.75, 3.05) is 41.0 Å². The number of quaternary nitrogens is 1. The summed E-state index contributed by atoms with van der Waals surface area (Å²) in [5.74, 6) is -1.82. The maximum Gasteiger partial charge on any atom is 0.306 e. The van der Waals surface area contributed by atoms with E-state index in [1.807, 2.05) is 12.2 Å². The van der Waals surface area contributed by atoms with Crippen molar-refractivity contribution >= 4 is 17.9 Å². The first kappa shape index (κ1) is 51.8. The van der Waals surface area contributed by atoms with Gasteiger partial charge in [-0.05, 0) is 25.7 Å². The first-order valence-electron chi connectivity index (χ1n) is 22.4. The molecule has 0 aliphatic rings. The third-order valence-corrected chi connectivity index (χ3v) is 10.1. The molecular weight excluding hydrogens is 679 g/mol. The highest BCUT2D eigenvalue weighted by molar-refractivity contribution is 5.70. The normalized spacial score (nSPS) is 13.1. The van der Waals surface area contributed by atoms with Crippen LogP contribution in [-0.2, 0) is 28.6 Å². The number of rotatable bonds is 40. The summed E-state index contributed by atoms with van der Waals surface area (Å²) >= 11 is 0. The number of esters is 2. The smallest absolute Gasteiger partial charge is 0.306 e. The molecule has 0 saturated carbocycles. The molecule has 0 saturated heterocycles. The minimum absolute atomic E-state index is 0.0209. The standard InChI is InChI=1S/C46H85NO7/c1-6-8-10-12-14-15-16-17-18-19-20-21-22-23-24-25-26-27-28-29-31-32-34-36-44(48)53-41-42(40-52-39-38-43(46(50)51)47(3,4)5)54-45(49)37-35-33-30-13-11-9-7-2/h9,11,30,33,42-43H,6-8,10,12-29,31-32,34-41H2,1-5H3/b11-9+,33-30+. The Labute approximate surface area is 332 Å². The fraction of sp³-hybridized carbons (Fsp3) is 0.848. The van der Waals surface area contributed by atoms with E-state index in [1.54, 1.807) is 21.1 Å². The molecule has 54 heavy (non-hydrogen) atoms. The van der Waals surface area contributed by atoms with E-state index in [0.717, 1.165) is 32.1 Å². The number of carboxylic acids is 1. The molecule has 0 bridgehead atoms. The Balaban J connectivity index is 4.06. The predicted octanol–water partition coefficient (Wildman–Crippen LogP) is 10.7. The number of allylic oxidation sites excluding steroid dienone is 4. The van der Waals surface area contributed by atoms with E-state index in [-0.39, 0.29) is 49.1 Å². The molecule has 316 valence electrons. The molecule has 0 aliphatic heterocycles. The van der Waals surface area contributed by atoms with E-state index < -0.39 is 18.1 Å². The number of carbonyl (C=O) groups is 3. The zero-order chi connectivity index (χ0) is 40.0. The zero-order valence-electron chi connectivity index (χ0n) is 35.9. The number of likely N-dealkylation sites (N-methyl/N-ethyl adjacent to an activating group) is 1. The first-order chi connectivity index (χ1) is 26.1. The molecule has 0 spiro atoms. The molecule has 0 aromatic carbocycles. The molecule has 0 aromatic heterocycles. The van der Waals surface area contributed by atoms with Gasteiger partial charge in [0.1, 0.15) is 12.6 Å². The molecule has 0 amide bonds. The number of hydrogen-bond acceptors (Lipinski definition) is 7. The molecule has 8 heteroatoms. The van der Waals surface area contributed by atoms with Crippen LogP contribution in [0.25, 0.3) is 0 Å². The summed E-state index contributed by atoms with van der Waals surface area (Å²) < 4.78 is 17.0. The van der Waals surface area contributed by atoms with Crippen LogP contribution < -0.4 is 5.11 Å². The van der Waals surface area contributed by atoms with E-state index in [9.17, 15) is 19.5 Å². The van der Waals surface area contributed by atoms with Crippen LogP contribution in [-0.4, -0.2) is 75.5 Å². The van der Waals surface area contributed by atoms with E-state index in [1.165, 1.54) is 128 Å². The topological polar surface area (TPSA) is 102 Å². The number of carbonyl (C=O) groups excluding carboxylic acids is 3. The second-order valence-electron chi connectivity index (χ2n) is 16.3. The highest BCUT2D eigenvalue weighted by Gasteiger charge is 2.25. The van der Waals surface area contributed by atoms with Gasteiger partial charge in [-0.2, -0.15) is 0 Å². The van der Waals surface area contributed by atoms with Crippen molar-refractivity contribution in [2.45, 2.75) is 212 Å². The molecule has 0 aliphatic carbocycles. The van der Waals surface area contributed by atoms with Gasteiger partial charge in [-0.3, -0.25) is 9.59 Å². The summed E-state index contributed by atoms with van der Waals surface area (Å²) in [5, 5.41) is 11.6. The van der Waals surface area contributed by atoms with Gasteiger partial charge in [0, 0.05) is 19.3 Å². The van der Waals surface area contributed by atoms with Gasteiger partial charge in [0.25, 0.3) is 0 Å². The Kier molecular flexibility index (Phi) is 36.2. The molecule has 0 N–H and O–H groups in total. The maximum absolute atomic E-state index is 12.5. The van der Waals surface area contributed by atoms with Gasteiger partial charge in [-0.15, -0.1) is 0 Å². The second-order valence-corrected chi connectivity index (χ2v) is 16.3. The van der Waals surface area contributed by atoms with Gasteiger partial charge >= 0.3 is 11.9 Å². The van der Waals surface area contributed by atoms with Crippen molar-refractivity contribution < 1.29 is 38.2 Å². The Morgan fingerprint density at radius 2 is 1.04 bits per heavy atom. The molecule has 0 heterocycles. The second kappa shape index (κ2) is 37.7. The fourth-order valence-corrected chi connectivity index (χ4v) is 6.66. The van der Waals surface area contributed by atoms with Crippen molar-refractivity contribution in [3.05, 3.63) is 24.3 Å². The van der Waals surface area contributed by atoms with E-state index in [0.29, 0.717) is 12.8 Å². The van der Waals surface area contributed by atoms with Crippen molar-refractivity contribution in [1.29, 1.82) is 0 Å². The van der Waals surface area contributed by atoms with Gasteiger partial charge in [0.15, 0.2) is 6.10 Å². The van der Waals surface area contributed by atoms with Crippen LogP contribution in [0.2, 0.25) is 0 Å². The summed E-state index contributed by atoms with van der Waals surface area (Å²) in [4.78, 5) is 36.6. The fourth-order valence-electron chi connectivity index (χ4n) is 6.66. The number of aliphatic carboxylic acids is 1. The van der Waals surface area contributed by atoms with Gasteiger partial charge in [0.2, 0.25) is 0 Å². The van der Waals surface area contributed by atoms with Crippen LogP contribution in [0.4, 0.5) is 0 Å². The molecule has 2 unspecified atom stereocenters. The SMILES string of the molecule is CC/C=C/C/C=C/CCC(=O)OC(COCCC(C(=O)[O-])[N+](C)(C)C)COC(=O)CCCCCCCCCCCCCCCCCCCCCCCCC. The van der Waals surface area contributed by atoms with Crippen LogP contribution in [0, 0.1) is 0 Å². The van der Waals surface area contributed by atoms with Gasteiger partial charge < -0.3 is 28.6 Å². The van der Waals surface area contributed by atoms with E-state index >= 15 is 0 Å². The molecule has 0 aromatic rings. The minimum atomic E-state index is -1.13. The number of carboxylic acid groups (broad SMARTS) is 1. The van der Waals surface area contributed by atoms with Crippen LogP contribution >= 0.6 is 0 Å². The number of ether oxygens (including phenoxy) is 3. The Morgan fingerprint density at radius 1 is 0.574 bits per heavy atom. The predicted molar refractivity (Wildman–Crippen MR) is 222 cm³/mol. The number of hydrogen-bond donors (Lipinski definition) is 0. The Morgan fingerprint density at radius 3 is 1.48 bits per heavy atom. The average Bonchev–Trinajstić information content (AvgIpc) is 3.12. The minimum Gasteiger partial charge on any atom is -0.544 e. The maximum atomic E-state index is 12.5. The molecule has 0 fully saturated rings. The number of unbranched alkanes of at least 4 members (excludes halogenated alkanes) is 22. The highest BCUT2D eigenvalue weighted by atomic mass is 16.6. The van der Waals surface area contributed by atoms with Gasteiger partial charge in [-0.25, -0.2) is 0 Å². The van der Waals surface area contributed by atoms with Crippen LogP contribution in [0.3, 0.4) is 0 Å². The molecule has 2 atom stereocenters. The average molecular weight is 764 g/mol. The zero-order valence-corrected chi connectivity index (χ0v) is 35.9. The molecule has 0 radical (unpaired) electrons. The number of nitrogens with zero attached hydrogens (tertiary/aromatic N) is 1. The molecule has 0 rings (SSSR count). The van der Waals surface area contributed by atoms with Crippen LogP contribution in [0.5, 0.6) is 0 Å². The molecular formula is C46H85NO7. The Bertz CT molecular complexity index is 942. The Hall–Kier alpha value is -2.19. The summed E-state index contributed by atoms with van der Waals surface area (Å²) in [6, 6.07) is -0.730. The molecule has 8 nitrogen and oxygen atoms in total. The third-order valence-electron chi connectivity index (χ3n) is 10.1. The third kappa shape index (κ3) is 35.5. The van der Waals surface area contributed by atoms with Crippen molar-refractivity contribution in [1.82, 2.24) is 0 Å². The lowest BCUT2D eigenvalue weighted by Gasteiger charge is -2.34. The van der Waals surface area contributed by atoms with Crippen LogP contribution in [0.1, 0.15) is 200 Å². The van der Waals surface area contributed by atoms with Gasteiger partial charge in [-0.1, -0.05) is 179 Å². The summed E-state index contributed by atoms with van der Waals surface area (Å²) in [5.41, 5.74) is 0. The summed E-state index contributed by atoms with van der Waals surface area (Å²) in [6.07, 6.45) is 41.2. The summed E-state index contributed by atoms with van der Waals surface area (Å²) in [7, 11) is 5.38. The first-order valence-corrected chi connectivity index (χ1v) is 22.4. The summed E-state index contributed by atoms with van der Waals surface area (Å²) in [6.45, 7) is 4.47. The monoisotopic (exact) mass is 764 g/mol. The lowest BCUT2D eigenvalue weighted by molar-refractivity contribution is -0.889.